The lowest BCUT2D eigenvalue weighted by molar-refractivity contribution is -0.135. The van der Waals surface area contributed by atoms with Crippen LogP contribution in [-0.2, 0) is 21.2 Å². The van der Waals surface area contributed by atoms with E-state index in [1.807, 2.05) is 41.8 Å². The van der Waals surface area contributed by atoms with Crippen LogP contribution in [0.2, 0.25) is 0 Å². The molecule has 1 atom stereocenters. The maximum absolute atomic E-state index is 12.8. The maximum atomic E-state index is 12.8. The predicted octanol–water partition coefficient (Wildman–Crippen LogP) is 2.95. The van der Waals surface area contributed by atoms with Crippen molar-refractivity contribution in [3.05, 3.63) is 50.2 Å². The normalized spacial score (nSPS) is 18.8. The molecule has 0 N–H and O–H groups in total. The van der Waals surface area contributed by atoms with Crippen molar-refractivity contribution in [3.8, 4) is 5.75 Å². The number of benzene rings is 1. The summed E-state index contributed by atoms with van der Waals surface area (Å²) in [5, 5.41) is 1.95. The Hall–Kier alpha value is -1.13. The smallest absolute Gasteiger partial charge is 0.261 e. The fourth-order valence-corrected chi connectivity index (χ4v) is 5.77. The monoisotopic (exact) mass is 491 g/mol. The van der Waals surface area contributed by atoms with Crippen molar-refractivity contribution in [2.45, 2.75) is 19.0 Å². The van der Waals surface area contributed by atoms with Crippen LogP contribution in [0.5, 0.6) is 5.75 Å². The van der Waals surface area contributed by atoms with Crippen LogP contribution in [-0.4, -0.2) is 43.4 Å². The zero-order valence-electron chi connectivity index (χ0n) is 13.4. The Balaban J connectivity index is 1.71. The van der Waals surface area contributed by atoms with E-state index in [4.69, 9.17) is 4.74 Å². The van der Waals surface area contributed by atoms with E-state index in [1.165, 1.54) is 0 Å². The van der Waals surface area contributed by atoms with Gasteiger partial charge in [-0.05, 0) is 52.6 Å². The molecule has 0 radical (unpaired) electrons. The number of hydrogen-bond donors (Lipinski definition) is 0. The zero-order chi connectivity index (χ0) is 17.9. The molecule has 1 amide bonds. The molecule has 1 aliphatic heterocycles. The fraction of sp³-hybridized carbons (Fsp3) is 0.353. The van der Waals surface area contributed by atoms with E-state index in [1.54, 1.807) is 16.2 Å². The third-order valence-electron chi connectivity index (χ3n) is 4.06. The van der Waals surface area contributed by atoms with E-state index in [-0.39, 0.29) is 30.1 Å². The second-order valence-corrected chi connectivity index (χ2v) is 10.3. The van der Waals surface area contributed by atoms with Crippen LogP contribution in [0.3, 0.4) is 0 Å². The molecule has 134 valence electrons. The van der Waals surface area contributed by atoms with Crippen LogP contribution in [0, 0.1) is 3.57 Å². The summed E-state index contributed by atoms with van der Waals surface area (Å²) >= 11 is 3.72. The van der Waals surface area contributed by atoms with Gasteiger partial charge in [0.15, 0.2) is 16.4 Å². The number of carbonyl (C=O) groups excluding carboxylic acids is 1. The third kappa shape index (κ3) is 4.95. The number of carbonyl (C=O) groups is 1. The highest BCUT2D eigenvalue weighted by molar-refractivity contribution is 14.1. The van der Waals surface area contributed by atoms with Crippen molar-refractivity contribution in [2.24, 2.45) is 0 Å². The Kier molecular flexibility index (Phi) is 6.00. The van der Waals surface area contributed by atoms with Gasteiger partial charge < -0.3 is 9.64 Å². The van der Waals surface area contributed by atoms with E-state index >= 15 is 0 Å². The predicted molar refractivity (Wildman–Crippen MR) is 107 cm³/mol. The molecular formula is C17H18INO4S2. The molecule has 1 fully saturated rings. The average molecular weight is 491 g/mol. The number of hydrogen-bond acceptors (Lipinski definition) is 5. The number of halogens is 1. The topological polar surface area (TPSA) is 63.7 Å². The molecule has 0 spiro atoms. The summed E-state index contributed by atoms with van der Waals surface area (Å²) in [4.78, 5) is 15.5. The number of sulfone groups is 1. The number of nitrogens with zero attached hydrogens (tertiary/aromatic N) is 1. The molecule has 1 aromatic carbocycles. The van der Waals surface area contributed by atoms with Crippen molar-refractivity contribution >= 4 is 49.7 Å². The summed E-state index contributed by atoms with van der Waals surface area (Å²) in [5.74, 6) is 0.651. The van der Waals surface area contributed by atoms with Gasteiger partial charge in [-0.3, -0.25) is 4.79 Å². The maximum Gasteiger partial charge on any atom is 0.261 e. The minimum Gasteiger partial charge on any atom is -0.483 e. The van der Waals surface area contributed by atoms with Gasteiger partial charge in [0.2, 0.25) is 0 Å². The molecule has 1 saturated heterocycles. The van der Waals surface area contributed by atoms with Gasteiger partial charge in [-0.1, -0.05) is 18.2 Å². The third-order valence-corrected chi connectivity index (χ3v) is 7.57. The second kappa shape index (κ2) is 8.05. The van der Waals surface area contributed by atoms with E-state index in [0.29, 0.717) is 18.7 Å². The largest absolute Gasteiger partial charge is 0.483 e. The summed E-state index contributed by atoms with van der Waals surface area (Å²) < 4.78 is 30.3. The van der Waals surface area contributed by atoms with Gasteiger partial charge in [0.25, 0.3) is 5.91 Å². The quantitative estimate of drug-likeness (QED) is 0.584. The highest BCUT2D eigenvalue weighted by Crippen LogP contribution is 2.23. The van der Waals surface area contributed by atoms with Gasteiger partial charge in [0.1, 0.15) is 5.75 Å². The van der Waals surface area contributed by atoms with Crippen LogP contribution in [0.4, 0.5) is 0 Å². The lowest BCUT2D eigenvalue weighted by atomic mass is 10.2. The Morgan fingerprint density at radius 2 is 2.08 bits per heavy atom. The molecule has 0 aliphatic carbocycles. The molecule has 0 saturated carbocycles. The van der Waals surface area contributed by atoms with E-state index in [2.05, 4.69) is 22.6 Å². The Labute approximate surface area is 165 Å². The number of thiophene rings is 1. The van der Waals surface area contributed by atoms with Crippen LogP contribution < -0.4 is 4.74 Å². The molecule has 8 heteroatoms. The molecule has 1 aromatic heterocycles. The molecule has 1 unspecified atom stereocenters. The van der Waals surface area contributed by atoms with Crippen molar-refractivity contribution in [2.75, 3.05) is 18.1 Å². The molecule has 25 heavy (non-hydrogen) atoms. The van der Waals surface area contributed by atoms with Gasteiger partial charge >= 0.3 is 0 Å². The van der Waals surface area contributed by atoms with Gasteiger partial charge in [-0.25, -0.2) is 8.42 Å². The fourth-order valence-electron chi connectivity index (χ4n) is 2.80. The first kappa shape index (κ1) is 18.7. The average Bonchev–Trinajstić information content (AvgIpc) is 3.20. The number of ether oxygens (including phenoxy) is 1. The Morgan fingerprint density at radius 1 is 1.28 bits per heavy atom. The van der Waals surface area contributed by atoms with Crippen molar-refractivity contribution in [1.82, 2.24) is 4.90 Å². The number of rotatable bonds is 6. The highest BCUT2D eigenvalue weighted by atomic mass is 127. The second-order valence-electron chi connectivity index (χ2n) is 5.88. The Bertz CT molecular complexity index is 836. The first-order valence-corrected chi connectivity index (χ1v) is 11.6. The number of para-hydroxylation sites is 1. The van der Waals surface area contributed by atoms with Crippen LogP contribution in [0.25, 0.3) is 0 Å². The summed E-state index contributed by atoms with van der Waals surface area (Å²) in [6, 6.07) is 11.1. The van der Waals surface area contributed by atoms with Gasteiger partial charge in [0.05, 0.1) is 21.6 Å². The SMILES string of the molecule is O=C(COc1ccccc1I)N(Cc1cccs1)C1CCS(=O)(=O)C1. The molecule has 2 heterocycles. The molecule has 0 bridgehead atoms. The van der Waals surface area contributed by atoms with Crippen molar-refractivity contribution in [3.63, 3.8) is 0 Å². The van der Waals surface area contributed by atoms with Crippen LogP contribution in [0.1, 0.15) is 11.3 Å². The van der Waals surface area contributed by atoms with E-state index in [9.17, 15) is 13.2 Å². The lowest BCUT2D eigenvalue weighted by Gasteiger charge is -2.28. The van der Waals surface area contributed by atoms with Crippen molar-refractivity contribution in [1.29, 1.82) is 0 Å². The number of amides is 1. The standard InChI is InChI=1S/C17H18INO4S2/c18-15-5-1-2-6-16(15)23-11-17(20)19(10-14-4-3-8-24-14)13-7-9-25(21,22)12-13/h1-6,8,13H,7,9-12H2. The lowest BCUT2D eigenvalue weighted by Crippen LogP contribution is -2.42. The molecule has 5 nitrogen and oxygen atoms in total. The summed E-state index contributed by atoms with van der Waals surface area (Å²) in [6.45, 7) is 0.327. The van der Waals surface area contributed by atoms with E-state index < -0.39 is 9.84 Å². The first-order valence-electron chi connectivity index (χ1n) is 7.84. The first-order chi connectivity index (χ1) is 11.9. The minimum absolute atomic E-state index is 0.0347. The van der Waals surface area contributed by atoms with E-state index in [0.717, 1.165) is 8.45 Å². The highest BCUT2D eigenvalue weighted by Gasteiger charge is 2.35. The molecular weight excluding hydrogens is 473 g/mol. The summed E-state index contributed by atoms with van der Waals surface area (Å²) in [6.07, 6.45) is 0.488. The summed E-state index contributed by atoms with van der Waals surface area (Å²) in [5.41, 5.74) is 0. The minimum atomic E-state index is -3.06. The summed E-state index contributed by atoms with van der Waals surface area (Å²) in [7, 11) is -3.06. The molecule has 2 aromatic rings. The van der Waals surface area contributed by atoms with Gasteiger partial charge in [-0.15, -0.1) is 11.3 Å². The zero-order valence-corrected chi connectivity index (χ0v) is 17.2. The van der Waals surface area contributed by atoms with Gasteiger partial charge in [-0.2, -0.15) is 0 Å². The molecule has 3 rings (SSSR count). The van der Waals surface area contributed by atoms with Crippen molar-refractivity contribution < 1.29 is 17.9 Å². The van der Waals surface area contributed by atoms with Crippen LogP contribution in [0.15, 0.2) is 41.8 Å². The molecule has 1 aliphatic rings. The van der Waals surface area contributed by atoms with Crippen LogP contribution >= 0.6 is 33.9 Å². The van der Waals surface area contributed by atoms with Gasteiger partial charge in [0, 0.05) is 10.9 Å². The Morgan fingerprint density at radius 3 is 2.72 bits per heavy atom.